The molecule has 0 unspecified atom stereocenters. The molecule has 0 aliphatic heterocycles. The molecule has 3 nitrogen and oxygen atoms in total. The molecule has 2 aromatic carbocycles. The maximum Gasteiger partial charge on any atom is 0.159 e. The number of aryl methyl sites for hydroxylation is 1. The van der Waals surface area contributed by atoms with E-state index in [1.807, 2.05) is 58.0 Å². The zero-order valence-electron chi connectivity index (χ0n) is 19.0. The smallest absolute Gasteiger partial charge is 0.159 e. The van der Waals surface area contributed by atoms with Crippen LogP contribution in [0.1, 0.15) is 46.1 Å². The molecule has 0 atom stereocenters. The fourth-order valence-corrected chi connectivity index (χ4v) is 3.13. The molecule has 0 saturated carbocycles. The van der Waals surface area contributed by atoms with E-state index in [0.29, 0.717) is 24.7 Å². The van der Waals surface area contributed by atoms with Crippen LogP contribution in [0.25, 0.3) is 22.2 Å². The standard InChI is InChI=1S/C16H12N.C11H20O2.Ir/c1-12-6-2-4-8-14(12)16-11-10-13-7-3-5-9-15(13)17-16;1-8(2)5-10(12)7-11(13)6-9(3)4;/h2-7,9-11H,1H3;7-9,12H,5-6H2,1-4H3;/q-1;;/b;10-7-;. The van der Waals surface area contributed by atoms with Crippen molar-refractivity contribution in [3.05, 3.63) is 78.1 Å². The van der Waals surface area contributed by atoms with Gasteiger partial charge in [0.15, 0.2) is 5.78 Å². The third-order valence-corrected chi connectivity index (χ3v) is 4.47. The molecular weight excluding hydrogens is 563 g/mol. The van der Waals surface area contributed by atoms with Crippen LogP contribution in [0.2, 0.25) is 0 Å². The Balaban J connectivity index is 0.000000314. The van der Waals surface area contributed by atoms with Crippen molar-refractivity contribution in [1.82, 2.24) is 4.98 Å². The topological polar surface area (TPSA) is 50.2 Å². The summed E-state index contributed by atoms with van der Waals surface area (Å²) in [4.78, 5) is 15.9. The van der Waals surface area contributed by atoms with Crippen LogP contribution >= 0.6 is 0 Å². The zero-order chi connectivity index (χ0) is 22.1. The van der Waals surface area contributed by atoms with Gasteiger partial charge in [-0.2, -0.15) is 0 Å². The second-order valence-corrected chi connectivity index (χ2v) is 8.42. The van der Waals surface area contributed by atoms with E-state index >= 15 is 0 Å². The maximum absolute atomic E-state index is 11.2. The number of aromatic nitrogens is 1. The van der Waals surface area contributed by atoms with Crippen LogP contribution in [-0.2, 0) is 24.9 Å². The van der Waals surface area contributed by atoms with E-state index < -0.39 is 0 Å². The summed E-state index contributed by atoms with van der Waals surface area (Å²) in [5.41, 5.74) is 4.30. The molecule has 4 heteroatoms. The first kappa shape index (κ1) is 26.7. The number of allylic oxidation sites excluding steroid dienone is 2. The van der Waals surface area contributed by atoms with Crippen LogP contribution in [0.4, 0.5) is 0 Å². The van der Waals surface area contributed by atoms with Gasteiger partial charge in [0.05, 0.1) is 11.3 Å². The molecule has 167 valence electrons. The van der Waals surface area contributed by atoms with Crippen LogP contribution < -0.4 is 0 Å². The van der Waals surface area contributed by atoms with Gasteiger partial charge < -0.3 is 5.11 Å². The summed E-state index contributed by atoms with van der Waals surface area (Å²) in [7, 11) is 0. The molecule has 0 saturated heterocycles. The quantitative estimate of drug-likeness (QED) is 0.188. The molecule has 0 aliphatic rings. The van der Waals surface area contributed by atoms with Crippen LogP contribution in [0.5, 0.6) is 0 Å². The normalized spacial score (nSPS) is 11.1. The second kappa shape index (κ2) is 13.2. The summed E-state index contributed by atoms with van der Waals surface area (Å²) < 4.78 is 0. The number of benzene rings is 2. The number of para-hydroxylation sites is 1. The number of carbonyl (C=O) groups excluding carboxylic acids is 1. The van der Waals surface area contributed by atoms with Crippen LogP contribution in [0.15, 0.2) is 66.4 Å². The fourth-order valence-electron chi connectivity index (χ4n) is 3.13. The number of aliphatic hydroxyl groups is 1. The van der Waals surface area contributed by atoms with Crippen LogP contribution in [0.3, 0.4) is 0 Å². The number of ketones is 1. The fraction of sp³-hybridized carbons (Fsp3) is 0.333. The predicted molar refractivity (Wildman–Crippen MR) is 125 cm³/mol. The molecule has 0 fully saturated rings. The minimum absolute atomic E-state index is 0. The first-order valence-electron chi connectivity index (χ1n) is 10.5. The van der Waals surface area contributed by atoms with E-state index in [1.54, 1.807) is 0 Å². The zero-order valence-corrected chi connectivity index (χ0v) is 21.4. The van der Waals surface area contributed by atoms with Crippen molar-refractivity contribution in [1.29, 1.82) is 0 Å². The SMILES string of the molecule is CC(C)CC(=O)/C=C(\O)CC(C)C.Cc1ccc[c-]c1-c1ccc2ccccc2n1.[Ir]. The molecule has 3 aromatic rings. The Morgan fingerprint density at radius 3 is 2.32 bits per heavy atom. The van der Waals surface area contributed by atoms with Gasteiger partial charge in [-0.15, -0.1) is 35.4 Å². The second-order valence-electron chi connectivity index (χ2n) is 8.42. The summed E-state index contributed by atoms with van der Waals surface area (Å²) in [6, 6.07) is 21.6. The first-order valence-corrected chi connectivity index (χ1v) is 10.5. The Kier molecular flexibility index (Phi) is 11.4. The number of nitrogens with zero attached hydrogens (tertiary/aromatic N) is 1. The number of aliphatic hydroxyl groups excluding tert-OH is 1. The minimum atomic E-state index is 0. The van der Waals surface area contributed by atoms with E-state index in [1.165, 1.54) is 17.0 Å². The van der Waals surface area contributed by atoms with Gasteiger partial charge in [0.1, 0.15) is 0 Å². The van der Waals surface area contributed by atoms with Crippen molar-refractivity contribution in [2.45, 2.75) is 47.5 Å². The molecule has 31 heavy (non-hydrogen) atoms. The Hall–Kier alpha value is -2.29. The molecule has 0 amide bonds. The van der Waals surface area contributed by atoms with E-state index in [0.717, 1.165) is 16.8 Å². The van der Waals surface area contributed by atoms with Crippen molar-refractivity contribution in [2.75, 3.05) is 0 Å². The monoisotopic (exact) mass is 595 g/mol. The van der Waals surface area contributed by atoms with E-state index in [9.17, 15) is 9.90 Å². The van der Waals surface area contributed by atoms with Gasteiger partial charge in [0.25, 0.3) is 0 Å². The van der Waals surface area contributed by atoms with Crippen molar-refractivity contribution in [3.63, 3.8) is 0 Å². The molecule has 3 rings (SSSR count). The molecule has 0 aliphatic carbocycles. The number of carbonyl (C=O) groups is 1. The first-order chi connectivity index (χ1) is 14.3. The number of pyridine rings is 1. The van der Waals surface area contributed by atoms with Crippen molar-refractivity contribution in [2.24, 2.45) is 11.8 Å². The molecule has 1 radical (unpaired) electrons. The Morgan fingerprint density at radius 1 is 1.00 bits per heavy atom. The summed E-state index contributed by atoms with van der Waals surface area (Å²) in [5.74, 6) is 0.979. The van der Waals surface area contributed by atoms with Gasteiger partial charge >= 0.3 is 0 Å². The number of fused-ring (bicyclic) bond motifs is 1. The largest absolute Gasteiger partial charge is 0.512 e. The van der Waals surface area contributed by atoms with Crippen molar-refractivity contribution >= 4 is 16.7 Å². The average Bonchev–Trinajstić information content (AvgIpc) is 2.67. The predicted octanol–water partition coefficient (Wildman–Crippen LogP) is 7.10. The maximum atomic E-state index is 11.2. The summed E-state index contributed by atoms with van der Waals surface area (Å²) in [6.45, 7) is 10.1. The van der Waals surface area contributed by atoms with Gasteiger partial charge in [-0.25, -0.2) is 0 Å². The van der Waals surface area contributed by atoms with Crippen LogP contribution in [0, 0.1) is 24.8 Å². The number of rotatable bonds is 6. The Labute approximate surface area is 200 Å². The van der Waals surface area contributed by atoms with Gasteiger partial charge in [-0.05, 0) is 29.0 Å². The molecular formula is C27H32IrNO2-. The number of hydrogen-bond acceptors (Lipinski definition) is 3. The van der Waals surface area contributed by atoms with E-state index in [2.05, 4.69) is 42.2 Å². The average molecular weight is 595 g/mol. The third kappa shape index (κ3) is 9.16. The van der Waals surface area contributed by atoms with Gasteiger partial charge in [0.2, 0.25) is 0 Å². The summed E-state index contributed by atoms with van der Waals surface area (Å²) in [6.07, 6.45) is 2.46. The third-order valence-electron chi connectivity index (χ3n) is 4.47. The molecule has 0 bridgehead atoms. The van der Waals surface area contributed by atoms with E-state index in [-0.39, 0.29) is 31.6 Å². The van der Waals surface area contributed by atoms with E-state index in [4.69, 9.17) is 0 Å². The summed E-state index contributed by atoms with van der Waals surface area (Å²) in [5, 5.41) is 10.5. The molecule has 1 heterocycles. The van der Waals surface area contributed by atoms with Gasteiger partial charge in [0, 0.05) is 39.0 Å². The Morgan fingerprint density at radius 2 is 1.68 bits per heavy atom. The van der Waals surface area contributed by atoms with Crippen molar-refractivity contribution < 1.29 is 30.0 Å². The Bertz CT molecular complexity index is 1010. The molecule has 1 aromatic heterocycles. The molecule has 0 spiro atoms. The number of hydrogen-bond donors (Lipinski definition) is 1. The summed E-state index contributed by atoms with van der Waals surface area (Å²) >= 11 is 0. The van der Waals surface area contributed by atoms with Crippen molar-refractivity contribution in [3.8, 4) is 11.3 Å². The molecule has 1 N–H and O–H groups in total. The minimum Gasteiger partial charge on any atom is -0.512 e. The van der Waals surface area contributed by atoms with Gasteiger partial charge in [-0.1, -0.05) is 65.0 Å². The van der Waals surface area contributed by atoms with Crippen LogP contribution in [-0.4, -0.2) is 15.9 Å². The van der Waals surface area contributed by atoms with Gasteiger partial charge in [-0.3, -0.25) is 9.78 Å².